The molecular formula is C67H122N4O6. The van der Waals surface area contributed by atoms with Crippen LogP contribution in [0.5, 0.6) is 0 Å². The van der Waals surface area contributed by atoms with Crippen LogP contribution in [0, 0.1) is 0 Å². The van der Waals surface area contributed by atoms with E-state index in [0.29, 0.717) is 30.8 Å². The molecule has 0 radical (unpaired) electrons. The number of unbranched alkanes of at least 4 members (excludes halogenated alkanes) is 39. The van der Waals surface area contributed by atoms with Crippen molar-refractivity contribution in [2.24, 2.45) is 0 Å². The van der Waals surface area contributed by atoms with Crippen molar-refractivity contribution in [1.29, 1.82) is 0 Å². The van der Waals surface area contributed by atoms with Crippen molar-refractivity contribution >= 4 is 29.6 Å². The molecular weight excluding hydrogens is 957 g/mol. The van der Waals surface area contributed by atoms with E-state index >= 15 is 0 Å². The molecule has 0 saturated carbocycles. The highest BCUT2D eigenvalue weighted by molar-refractivity contribution is 5.96. The Hall–Kier alpha value is -3.43. The molecule has 0 saturated heterocycles. The van der Waals surface area contributed by atoms with Gasteiger partial charge in [0.25, 0.3) is 5.91 Å². The zero-order valence-corrected chi connectivity index (χ0v) is 50.8. The van der Waals surface area contributed by atoms with Gasteiger partial charge in [0.15, 0.2) is 0 Å². The van der Waals surface area contributed by atoms with Crippen molar-refractivity contribution in [3.8, 4) is 0 Å². The van der Waals surface area contributed by atoms with Crippen molar-refractivity contribution < 1.29 is 28.7 Å². The molecule has 1 aromatic carbocycles. The van der Waals surface area contributed by atoms with Gasteiger partial charge in [-0.2, -0.15) is 0 Å². The van der Waals surface area contributed by atoms with Crippen molar-refractivity contribution in [3.63, 3.8) is 0 Å². The van der Waals surface area contributed by atoms with Crippen LogP contribution in [0.1, 0.15) is 350 Å². The zero-order valence-electron chi connectivity index (χ0n) is 50.8. The number of nitrogens with one attached hydrogen (secondary N) is 4. The topological polar surface area (TPSA) is 143 Å². The third-order valence-electron chi connectivity index (χ3n) is 16.0. The molecule has 10 heteroatoms. The van der Waals surface area contributed by atoms with Gasteiger partial charge in [0.1, 0.15) is 0 Å². The van der Waals surface area contributed by atoms with Crippen LogP contribution in [0.2, 0.25) is 0 Å². The number of hydrogen-bond acceptors (Lipinski definition) is 6. The summed E-state index contributed by atoms with van der Waals surface area (Å²) >= 11 is 0. The summed E-state index contributed by atoms with van der Waals surface area (Å²) < 4.78 is 4.88. The number of rotatable bonds is 57. The van der Waals surface area contributed by atoms with E-state index in [-0.39, 0.29) is 62.2 Å². The minimum atomic E-state index is -1.01. The summed E-state index contributed by atoms with van der Waals surface area (Å²) in [5.41, 5.74) is -0.339. The summed E-state index contributed by atoms with van der Waals surface area (Å²) in [5, 5.41) is 12.6. The Bertz CT molecular complexity index is 1430. The highest BCUT2D eigenvalue weighted by atomic mass is 16.5. The monoisotopic (exact) mass is 1080 g/mol. The molecule has 0 fully saturated rings. The van der Waals surface area contributed by atoms with Gasteiger partial charge < -0.3 is 26.0 Å². The maximum absolute atomic E-state index is 14.1. The van der Waals surface area contributed by atoms with Crippen molar-refractivity contribution in [3.05, 3.63) is 35.4 Å². The standard InChI is InChI=1S/C67H122N4O6/c1-5-8-11-14-17-20-23-26-29-32-35-38-41-44-57-68-62(72)51-54-67(71-65(75)60-47-49-61(50-48-60)66(76)77-4,55-52-63(73)69-58-45-42-39-36-33-30-27-24-21-18-15-12-9-6-2)56-53-64(74)70-59-46-43-40-37-34-31-28-25-22-19-16-13-10-7-3/h47-50H,5-46,51-59H2,1-4H3,(H,68,72)(H,69,73)(H,70,74)(H,71,75). The molecule has 4 amide bonds. The van der Waals surface area contributed by atoms with Crippen LogP contribution in [0.4, 0.5) is 0 Å². The van der Waals surface area contributed by atoms with Gasteiger partial charge in [-0.05, 0) is 62.8 Å². The quantitative estimate of drug-likeness (QED) is 0.0378. The van der Waals surface area contributed by atoms with Gasteiger partial charge in [-0.3, -0.25) is 19.2 Å². The van der Waals surface area contributed by atoms with Gasteiger partial charge in [0.2, 0.25) is 17.7 Å². The number of benzene rings is 1. The number of esters is 1. The SMILES string of the molecule is CCCCCCCCCCCCCCCCNC(=O)CCC(CCC(=O)NCCCCCCCCCCCCCCCC)(CCC(=O)NCCCCCCCCCCCCCCCC)NC(=O)c1ccc(C(=O)OC)cc1. The maximum atomic E-state index is 14.1. The summed E-state index contributed by atoms with van der Waals surface area (Å²) in [7, 11) is 1.32. The number of carbonyl (C=O) groups excluding carboxylic acids is 5. The summed E-state index contributed by atoms with van der Waals surface area (Å²) in [6.45, 7) is 8.62. The average molecular weight is 1080 g/mol. The molecule has 0 aliphatic heterocycles. The molecule has 1 aromatic rings. The van der Waals surface area contributed by atoms with Crippen molar-refractivity contribution in [1.82, 2.24) is 21.3 Å². The normalized spacial score (nSPS) is 11.4. The average Bonchev–Trinajstić information content (AvgIpc) is 3.44. The largest absolute Gasteiger partial charge is 0.465 e. The Labute approximate surface area is 474 Å². The van der Waals surface area contributed by atoms with E-state index in [1.54, 1.807) is 24.3 Å². The Kier molecular flexibility index (Phi) is 49.5. The molecule has 0 aliphatic carbocycles. The minimum Gasteiger partial charge on any atom is -0.465 e. The molecule has 0 aliphatic rings. The van der Waals surface area contributed by atoms with Crippen LogP contribution in [-0.2, 0) is 19.1 Å². The van der Waals surface area contributed by atoms with E-state index in [1.807, 2.05) is 0 Å². The van der Waals surface area contributed by atoms with Crippen LogP contribution in [0.3, 0.4) is 0 Å². The highest BCUT2D eigenvalue weighted by Crippen LogP contribution is 2.28. The first kappa shape index (κ1) is 71.6. The second-order valence-electron chi connectivity index (χ2n) is 23.1. The van der Waals surface area contributed by atoms with Crippen LogP contribution < -0.4 is 21.3 Å². The van der Waals surface area contributed by atoms with E-state index < -0.39 is 11.5 Å². The number of hydrogen-bond donors (Lipinski definition) is 4. The molecule has 77 heavy (non-hydrogen) atoms. The number of amides is 4. The lowest BCUT2D eigenvalue weighted by molar-refractivity contribution is -0.121. The second kappa shape index (κ2) is 53.2. The molecule has 0 spiro atoms. The fourth-order valence-corrected chi connectivity index (χ4v) is 10.7. The fraction of sp³-hybridized carbons (Fsp3) is 0.836. The van der Waals surface area contributed by atoms with Gasteiger partial charge in [0, 0.05) is 50.0 Å². The first-order chi connectivity index (χ1) is 37.7. The molecule has 0 aromatic heterocycles. The van der Waals surface area contributed by atoms with Crippen LogP contribution >= 0.6 is 0 Å². The third-order valence-corrected chi connectivity index (χ3v) is 16.0. The minimum absolute atomic E-state index is 0.0924. The first-order valence-corrected chi connectivity index (χ1v) is 33.0. The Morgan fingerprint density at radius 2 is 0.558 bits per heavy atom. The van der Waals surface area contributed by atoms with Crippen LogP contribution in [0.15, 0.2) is 24.3 Å². The summed E-state index contributed by atoms with van der Waals surface area (Å²) in [4.78, 5) is 66.8. The van der Waals surface area contributed by atoms with Crippen molar-refractivity contribution in [2.45, 2.75) is 335 Å². The predicted molar refractivity (Wildman–Crippen MR) is 326 cm³/mol. The third kappa shape index (κ3) is 44.1. The maximum Gasteiger partial charge on any atom is 0.337 e. The van der Waals surface area contributed by atoms with E-state index in [0.717, 1.165) is 38.5 Å². The fourth-order valence-electron chi connectivity index (χ4n) is 10.7. The van der Waals surface area contributed by atoms with Gasteiger partial charge in [0.05, 0.1) is 12.7 Å². The van der Waals surface area contributed by atoms with Crippen LogP contribution in [0.25, 0.3) is 0 Å². The van der Waals surface area contributed by atoms with Gasteiger partial charge >= 0.3 is 5.97 Å². The first-order valence-electron chi connectivity index (χ1n) is 33.0. The van der Waals surface area contributed by atoms with E-state index in [9.17, 15) is 24.0 Å². The van der Waals surface area contributed by atoms with E-state index in [4.69, 9.17) is 4.74 Å². The summed E-state index contributed by atoms with van der Waals surface area (Å²) in [5.74, 6) is -1.15. The molecule has 0 unspecified atom stereocenters. The Morgan fingerprint density at radius 1 is 0.338 bits per heavy atom. The lowest BCUT2D eigenvalue weighted by Crippen LogP contribution is -2.50. The zero-order chi connectivity index (χ0) is 56.0. The molecule has 1 rings (SSSR count). The lowest BCUT2D eigenvalue weighted by atomic mass is 9.82. The van der Waals surface area contributed by atoms with Gasteiger partial charge in [-0.25, -0.2) is 4.79 Å². The van der Waals surface area contributed by atoms with Crippen LogP contribution in [-0.4, -0.2) is 61.9 Å². The van der Waals surface area contributed by atoms with E-state index in [1.165, 1.54) is 238 Å². The lowest BCUT2D eigenvalue weighted by Gasteiger charge is -2.35. The molecule has 446 valence electrons. The smallest absolute Gasteiger partial charge is 0.337 e. The Morgan fingerprint density at radius 3 is 0.792 bits per heavy atom. The number of carbonyl (C=O) groups is 5. The molecule has 0 bridgehead atoms. The summed E-state index contributed by atoms with van der Waals surface area (Å²) in [6, 6.07) is 6.29. The molecule has 0 atom stereocenters. The van der Waals surface area contributed by atoms with Crippen molar-refractivity contribution in [2.75, 3.05) is 26.7 Å². The van der Waals surface area contributed by atoms with Gasteiger partial charge in [-0.15, -0.1) is 0 Å². The highest BCUT2D eigenvalue weighted by Gasteiger charge is 2.34. The predicted octanol–water partition coefficient (Wildman–Crippen LogP) is 18.1. The molecule has 0 heterocycles. The van der Waals surface area contributed by atoms with Gasteiger partial charge in [-0.1, -0.05) is 271 Å². The second-order valence-corrected chi connectivity index (χ2v) is 23.1. The van der Waals surface area contributed by atoms with E-state index in [2.05, 4.69) is 42.0 Å². The number of methoxy groups -OCH3 is 1. The number of ether oxygens (including phenoxy) is 1. The summed E-state index contributed by atoms with van der Waals surface area (Å²) in [6.07, 6.45) is 54.9. The molecule has 4 N–H and O–H groups in total. The molecule has 10 nitrogen and oxygen atoms in total. The Balaban J connectivity index is 2.83.